The predicted molar refractivity (Wildman–Crippen MR) is 335 cm³/mol. The highest BCUT2D eigenvalue weighted by atomic mass is 16.5. The molecule has 0 spiro atoms. The number of para-hydroxylation sites is 4. The van der Waals surface area contributed by atoms with E-state index in [1.165, 1.54) is 16.7 Å². The standard InChI is InChI=1S/C74H76N4O/c1-70(2,3)50-34-36-55(61(42-50)71(4,5)6)58-29-22-28-54(49-33-38-60-63(41-49)74(12,13)40-39-73(60,10)11)69(58)77-47-76(65-31-19-20-32-66(65)77)51-25-21-26-52(43-51)79-53-35-37-57-56-27-17-18-30-64(56)78(67(57)44-53)68-45-62(72(7,8)9)59(46-75-68)48-23-15-14-16-24-48/h14-38,41-46H,39-40,47H2,1-13H3/i34D,36D,42D. The van der Waals surface area contributed by atoms with Crippen LogP contribution in [0.25, 0.3) is 61.0 Å². The maximum atomic E-state index is 10.0. The van der Waals surface area contributed by atoms with Gasteiger partial charge in [0.25, 0.3) is 0 Å². The van der Waals surface area contributed by atoms with Gasteiger partial charge in [0.05, 0.1) is 32.2 Å². The van der Waals surface area contributed by atoms with E-state index in [1.54, 1.807) is 0 Å². The SMILES string of the molecule is [2H]c1c([2H])c(C(C)(C)C)c([2H])c(C(C)(C)C)c1-c1cccc(-c2ccc3c(c2)C(C)(C)CCC3(C)C)c1N1CN(c2cccc(Oc3ccc4c5ccccc5n(-c5cc(C(C)(C)C)c(-c6ccccc6)cn5)c4c3)c2)c2ccccc21. The topological polar surface area (TPSA) is 33.5 Å². The number of anilines is 4. The summed E-state index contributed by atoms with van der Waals surface area (Å²) in [5.41, 5.74) is 16.2. The van der Waals surface area contributed by atoms with E-state index in [1.807, 2.05) is 12.3 Å². The van der Waals surface area contributed by atoms with E-state index in [9.17, 15) is 4.11 Å². The number of hydrogen-bond acceptors (Lipinski definition) is 4. The molecule has 2 aliphatic rings. The Bertz CT molecular complexity index is 4170. The molecule has 5 heteroatoms. The van der Waals surface area contributed by atoms with Gasteiger partial charge in [-0.15, -0.1) is 0 Å². The molecule has 10 aromatic rings. The lowest BCUT2D eigenvalue weighted by Gasteiger charge is -2.42. The predicted octanol–water partition coefficient (Wildman–Crippen LogP) is 20.5. The number of pyridine rings is 1. The molecule has 1 aliphatic heterocycles. The number of rotatable bonds is 8. The first-order chi connectivity index (χ1) is 38.8. The molecule has 79 heavy (non-hydrogen) atoms. The summed E-state index contributed by atoms with van der Waals surface area (Å²) >= 11 is 0. The van der Waals surface area contributed by atoms with Crippen LogP contribution in [-0.2, 0) is 27.1 Å². The van der Waals surface area contributed by atoms with Crippen molar-refractivity contribution in [3.05, 3.63) is 216 Å². The molecule has 0 atom stereocenters. The highest BCUT2D eigenvalue weighted by Crippen LogP contribution is 2.54. The maximum absolute atomic E-state index is 10.0. The molecule has 0 bridgehead atoms. The first-order valence-corrected chi connectivity index (χ1v) is 28.3. The first kappa shape index (κ1) is 48.3. The van der Waals surface area contributed by atoms with Crippen molar-refractivity contribution in [2.45, 2.75) is 130 Å². The zero-order chi connectivity index (χ0) is 58.0. The van der Waals surface area contributed by atoms with Crippen LogP contribution in [0.5, 0.6) is 11.5 Å². The maximum Gasteiger partial charge on any atom is 0.137 e. The van der Waals surface area contributed by atoms with Crippen molar-refractivity contribution in [1.82, 2.24) is 9.55 Å². The highest BCUT2D eigenvalue weighted by Gasteiger charge is 2.38. The minimum Gasteiger partial charge on any atom is -0.457 e. The number of fused-ring (bicyclic) bond motifs is 5. The molecule has 0 unspecified atom stereocenters. The lowest BCUT2D eigenvalue weighted by atomic mass is 9.63. The second-order valence-corrected chi connectivity index (χ2v) is 26.6. The third-order valence-electron chi connectivity index (χ3n) is 16.8. The third-order valence-corrected chi connectivity index (χ3v) is 16.8. The van der Waals surface area contributed by atoms with Gasteiger partial charge in [0.1, 0.15) is 24.0 Å². The average Bonchev–Trinajstić information content (AvgIpc) is 2.65. The molecule has 2 aromatic heterocycles. The van der Waals surface area contributed by atoms with Crippen LogP contribution in [-0.4, -0.2) is 16.2 Å². The molecular weight excluding hydrogens is 961 g/mol. The van der Waals surface area contributed by atoms with Crippen molar-refractivity contribution in [3.8, 4) is 50.7 Å². The Balaban J connectivity index is 0.983. The molecule has 0 saturated carbocycles. The first-order valence-electron chi connectivity index (χ1n) is 29.8. The molecule has 8 aromatic carbocycles. The summed E-state index contributed by atoms with van der Waals surface area (Å²) < 4.78 is 38.9. The fourth-order valence-electron chi connectivity index (χ4n) is 12.3. The number of aromatic nitrogens is 2. The van der Waals surface area contributed by atoms with Gasteiger partial charge in [-0.3, -0.25) is 4.57 Å². The molecule has 1 aliphatic carbocycles. The quantitative estimate of drug-likeness (QED) is 0.152. The van der Waals surface area contributed by atoms with Crippen molar-refractivity contribution < 1.29 is 8.85 Å². The monoisotopic (exact) mass is 1040 g/mol. The molecule has 0 radical (unpaired) electrons. The normalized spacial score (nSPS) is 15.7. The lowest BCUT2D eigenvalue weighted by molar-refractivity contribution is 0.332. The Morgan fingerprint density at radius 3 is 1.87 bits per heavy atom. The average molecular weight is 1040 g/mol. The van der Waals surface area contributed by atoms with E-state index in [0.717, 1.165) is 96.6 Å². The Kier molecular flexibility index (Phi) is 11.5. The second-order valence-electron chi connectivity index (χ2n) is 26.6. The van der Waals surface area contributed by atoms with E-state index in [2.05, 4.69) is 262 Å². The zero-order valence-electron chi connectivity index (χ0n) is 51.5. The molecule has 3 heterocycles. The molecule has 0 fully saturated rings. The van der Waals surface area contributed by atoms with Gasteiger partial charge in [0.2, 0.25) is 0 Å². The van der Waals surface area contributed by atoms with Crippen LogP contribution in [0.4, 0.5) is 22.7 Å². The molecule has 0 N–H and O–H groups in total. The molecule has 0 amide bonds. The van der Waals surface area contributed by atoms with E-state index >= 15 is 0 Å². The summed E-state index contributed by atoms with van der Waals surface area (Å²) in [7, 11) is 0. The largest absolute Gasteiger partial charge is 0.457 e. The van der Waals surface area contributed by atoms with Gasteiger partial charge < -0.3 is 14.5 Å². The van der Waals surface area contributed by atoms with Crippen LogP contribution in [0.2, 0.25) is 0 Å². The highest BCUT2D eigenvalue weighted by molar-refractivity contribution is 6.09. The summed E-state index contributed by atoms with van der Waals surface area (Å²) in [6.45, 7) is 29.3. The fraction of sp³-hybridized carbons (Fsp3) is 0.284. The van der Waals surface area contributed by atoms with Crippen LogP contribution >= 0.6 is 0 Å². The van der Waals surface area contributed by atoms with Crippen molar-refractivity contribution in [1.29, 1.82) is 0 Å². The van der Waals surface area contributed by atoms with E-state index in [-0.39, 0.29) is 28.3 Å². The molecule has 12 rings (SSSR count). The van der Waals surface area contributed by atoms with Crippen LogP contribution in [0, 0.1) is 0 Å². The number of hydrogen-bond donors (Lipinski definition) is 0. The van der Waals surface area contributed by atoms with Gasteiger partial charge in [-0.1, -0.05) is 211 Å². The van der Waals surface area contributed by atoms with Gasteiger partial charge in [-0.25, -0.2) is 4.98 Å². The second kappa shape index (κ2) is 18.9. The van der Waals surface area contributed by atoms with Crippen molar-refractivity contribution >= 4 is 44.6 Å². The lowest BCUT2D eigenvalue weighted by Crippen LogP contribution is -2.33. The summed E-state index contributed by atoms with van der Waals surface area (Å²) in [5, 5.41) is 2.27. The van der Waals surface area contributed by atoms with E-state index in [0.29, 0.717) is 35.3 Å². The summed E-state index contributed by atoms with van der Waals surface area (Å²) in [6, 6.07) is 58.8. The number of nitrogens with zero attached hydrogens (tertiary/aromatic N) is 4. The minimum atomic E-state index is -0.526. The van der Waals surface area contributed by atoms with Crippen molar-refractivity contribution in [2.75, 3.05) is 16.5 Å². The Morgan fingerprint density at radius 1 is 0.494 bits per heavy atom. The summed E-state index contributed by atoms with van der Waals surface area (Å²) in [6.07, 6.45) is 4.25. The Morgan fingerprint density at radius 2 is 1.14 bits per heavy atom. The van der Waals surface area contributed by atoms with Gasteiger partial charge >= 0.3 is 0 Å². The molecule has 5 nitrogen and oxygen atoms in total. The van der Waals surface area contributed by atoms with Gasteiger partial charge in [0.15, 0.2) is 0 Å². The summed E-state index contributed by atoms with van der Waals surface area (Å²) in [4.78, 5) is 9.93. The van der Waals surface area contributed by atoms with E-state index in [4.69, 9.17) is 9.72 Å². The number of benzene rings is 8. The Hall–Kier alpha value is -7.89. The smallest absolute Gasteiger partial charge is 0.137 e. The van der Waals surface area contributed by atoms with E-state index < -0.39 is 10.8 Å². The van der Waals surface area contributed by atoms with Crippen LogP contribution < -0.4 is 14.5 Å². The van der Waals surface area contributed by atoms with Crippen molar-refractivity contribution in [2.24, 2.45) is 0 Å². The van der Waals surface area contributed by atoms with Gasteiger partial charge in [-0.2, -0.15) is 0 Å². The minimum absolute atomic E-state index is 0.0216. The molecule has 398 valence electrons. The third kappa shape index (κ3) is 9.29. The Labute approximate surface area is 473 Å². The summed E-state index contributed by atoms with van der Waals surface area (Å²) in [5.74, 6) is 2.27. The number of ether oxygens (including phenoxy) is 1. The zero-order valence-corrected chi connectivity index (χ0v) is 48.5. The van der Waals surface area contributed by atoms with Gasteiger partial charge in [0, 0.05) is 51.5 Å². The van der Waals surface area contributed by atoms with Gasteiger partial charge in [-0.05, 0) is 133 Å². The fourth-order valence-corrected chi connectivity index (χ4v) is 12.3. The molecule has 0 saturated heterocycles. The van der Waals surface area contributed by atoms with Crippen LogP contribution in [0.3, 0.4) is 0 Å². The van der Waals surface area contributed by atoms with Crippen molar-refractivity contribution in [3.63, 3.8) is 0 Å². The van der Waals surface area contributed by atoms with Crippen LogP contribution in [0.1, 0.15) is 135 Å². The molecular formula is C74H76N4O. The van der Waals surface area contributed by atoms with Crippen LogP contribution in [0.15, 0.2) is 188 Å².